The van der Waals surface area contributed by atoms with Crippen molar-refractivity contribution in [3.63, 3.8) is 0 Å². The lowest BCUT2D eigenvalue weighted by Gasteiger charge is -2.20. The summed E-state index contributed by atoms with van der Waals surface area (Å²) in [6.45, 7) is 6.91. The summed E-state index contributed by atoms with van der Waals surface area (Å²) in [5.41, 5.74) is -0.214. The molecule has 1 heterocycles. The quantitative estimate of drug-likeness (QED) is 0.812. The van der Waals surface area contributed by atoms with Gasteiger partial charge < -0.3 is 14.0 Å². The van der Waals surface area contributed by atoms with Gasteiger partial charge in [-0.3, -0.25) is 4.79 Å². The Hall–Kier alpha value is -2.44. The highest BCUT2D eigenvalue weighted by Gasteiger charge is 2.23. The Morgan fingerprint density at radius 1 is 1.30 bits per heavy atom. The van der Waals surface area contributed by atoms with Gasteiger partial charge in [0.1, 0.15) is 34.9 Å². The van der Waals surface area contributed by atoms with Gasteiger partial charge in [0, 0.05) is 0 Å². The summed E-state index contributed by atoms with van der Waals surface area (Å²) >= 11 is 0. The number of halogens is 1. The number of aryl methyl sites for hydroxylation is 1. The fourth-order valence-electron chi connectivity index (χ4n) is 2.28. The van der Waals surface area contributed by atoms with Crippen LogP contribution in [0.2, 0.25) is 0 Å². The normalized spacial score (nSPS) is 11.6. The van der Waals surface area contributed by atoms with Crippen LogP contribution in [0.15, 0.2) is 12.1 Å². The Bertz CT molecular complexity index is 774. The van der Waals surface area contributed by atoms with E-state index in [2.05, 4.69) is 9.72 Å². The van der Waals surface area contributed by atoms with E-state index in [-0.39, 0.29) is 17.6 Å². The van der Waals surface area contributed by atoms with E-state index in [4.69, 9.17) is 4.74 Å². The second-order valence-electron chi connectivity index (χ2n) is 6.11. The zero-order valence-electron chi connectivity index (χ0n) is 13.8. The SMILES string of the molecule is COC(=O)c1c(F)ccc2c1nc(C)n2CC(=O)OC(C)(C)C. The molecule has 0 N–H and O–H groups in total. The van der Waals surface area contributed by atoms with Gasteiger partial charge in [-0.15, -0.1) is 0 Å². The number of fused-ring (bicyclic) bond motifs is 1. The van der Waals surface area contributed by atoms with Gasteiger partial charge in [-0.25, -0.2) is 14.2 Å². The number of nitrogens with zero attached hydrogens (tertiary/aromatic N) is 2. The number of carbonyl (C=O) groups excluding carboxylic acids is 2. The number of aromatic nitrogens is 2. The Balaban J connectivity index is 2.49. The van der Waals surface area contributed by atoms with E-state index < -0.39 is 23.4 Å². The van der Waals surface area contributed by atoms with Gasteiger partial charge in [0.05, 0.1) is 12.6 Å². The Labute approximate surface area is 133 Å². The molecule has 6 nitrogen and oxygen atoms in total. The van der Waals surface area contributed by atoms with Crippen LogP contribution in [0.25, 0.3) is 11.0 Å². The van der Waals surface area contributed by atoms with E-state index in [1.807, 2.05) is 0 Å². The van der Waals surface area contributed by atoms with E-state index in [1.54, 1.807) is 32.3 Å². The molecule has 0 aliphatic heterocycles. The van der Waals surface area contributed by atoms with Crippen molar-refractivity contribution >= 4 is 23.0 Å². The van der Waals surface area contributed by atoms with E-state index in [0.717, 1.165) is 6.07 Å². The second kappa shape index (κ2) is 5.98. The van der Waals surface area contributed by atoms with Crippen molar-refractivity contribution in [3.8, 4) is 0 Å². The molecule has 1 aromatic heterocycles. The van der Waals surface area contributed by atoms with E-state index in [1.165, 1.54) is 13.2 Å². The summed E-state index contributed by atoms with van der Waals surface area (Å²) in [7, 11) is 1.17. The zero-order valence-corrected chi connectivity index (χ0v) is 13.8. The third-order valence-corrected chi connectivity index (χ3v) is 3.16. The molecule has 23 heavy (non-hydrogen) atoms. The van der Waals surface area contributed by atoms with Crippen molar-refractivity contribution < 1.29 is 23.5 Å². The zero-order chi connectivity index (χ0) is 17.4. The van der Waals surface area contributed by atoms with E-state index >= 15 is 0 Å². The molecule has 0 aliphatic rings. The van der Waals surface area contributed by atoms with Crippen molar-refractivity contribution in [2.75, 3.05) is 7.11 Å². The van der Waals surface area contributed by atoms with Crippen LogP contribution in [0.4, 0.5) is 4.39 Å². The lowest BCUT2D eigenvalue weighted by molar-refractivity contribution is -0.155. The highest BCUT2D eigenvalue weighted by atomic mass is 19.1. The maximum absolute atomic E-state index is 13.9. The molecule has 2 aromatic rings. The number of carbonyl (C=O) groups is 2. The van der Waals surface area contributed by atoms with Gasteiger partial charge in [-0.05, 0) is 39.8 Å². The highest BCUT2D eigenvalue weighted by molar-refractivity contribution is 6.02. The molecule has 0 amide bonds. The third-order valence-electron chi connectivity index (χ3n) is 3.16. The van der Waals surface area contributed by atoms with Gasteiger partial charge in [-0.2, -0.15) is 0 Å². The molecule has 0 spiro atoms. The fraction of sp³-hybridized carbons (Fsp3) is 0.438. The number of benzene rings is 1. The maximum atomic E-state index is 13.9. The standard InChI is InChI=1S/C16H19FN2O4/c1-9-18-14-11(7-6-10(17)13(14)15(21)22-5)19(9)8-12(20)23-16(2,3)4/h6-7H,8H2,1-5H3. The summed E-state index contributed by atoms with van der Waals surface area (Å²) in [5.74, 6) is -1.49. The number of rotatable bonds is 3. The molecule has 0 unspecified atom stereocenters. The molecule has 0 saturated carbocycles. The van der Waals surface area contributed by atoms with Crippen LogP contribution < -0.4 is 0 Å². The van der Waals surface area contributed by atoms with Crippen LogP contribution in [0.5, 0.6) is 0 Å². The summed E-state index contributed by atoms with van der Waals surface area (Å²) in [6.07, 6.45) is 0. The number of methoxy groups -OCH3 is 1. The molecule has 2 rings (SSSR count). The monoisotopic (exact) mass is 322 g/mol. The summed E-state index contributed by atoms with van der Waals surface area (Å²) in [4.78, 5) is 28.0. The average molecular weight is 322 g/mol. The molecular weight excluding hydrogens is 303 g/mol. The van der Waals surface area contributed by atoms with Gasteiger partial charge in [0.25, 0.3) is 0 Å². The lowest BCUT2D eigenvalue weighted by Crippen LogP contribution is -2.26. The molecule has 1 aromatic carbocycles. The predicted molar refractivity (Wildman–Crippen MR) is 81.6 cm³/mol. The minimum absolute atomic E-state index is 0.0775. The summed E-state index contributed by atoms with van der Waals surface area (Å²) in [5, 5.41) is 0. The average Bonchev–Trinajstić information content (AvgIpc) is 2.72. The Morgan fingerprint density at radius 3 is 2.52 bits per heavy atom. The minimum Gasteiger partial charge on any atom is -0.465 e. The largest absolute Gasteiger partial charge is 0.465 e. The van der Waals surface area contributed by atoms with Crippen LogP contribution in [-0.4, -0.2) is 34.2 Å². The van der Waals surface area contributed by atoms with Crippen LogP contribution >= 0.6 is 0 Å². The van der Waals surface area contributed by atoms with Gasteiger partial charge in [-0.1, -0.05) is 0 Å². The molecule has 0 aliphatic carbocycles. The third kappa shape index (κ3) is 3.49. The van der Waals surface area contributed by atoms with Crippen molar-refractivity contribution in [1.29, 1.82) is 0 Å². The first kappa shape index (κ1) is 16.9. The van der Waals surface area contributed by atoms with Crippen molar-refractivity contribution in [2.45, 2.75) is 39.8 Å². The van der Waals surface area contributed by atoms with Gasteiger partial charge >= 0.3 is 11.9 Å². The fourth-order valence-corrected chi connectivity index (χ4v) is 2.28. The Morgan fingerprint density at radius 2 is 1.96 bits per heavy atom. The summed E-state index contributed by atoms with van der Waals surface area (Å²) < 4.78 is 25.4. The number of esters is 2. The first-order valence-corrected chi connectivity index (χ1v) is 7.09. The second-order valence-corrected chi connectivity index (χ2v) is 6.11. The topological polar surface area (TPSA) is 70.4 Å². The van der Waals surface area contributed by atoms with Gasteiger partial charge in [0.2, 0.25) is 0 Å². The smallest absolute Gasteiger partial charge is 0.343 e. The van der Waals surface area contributed by atoms with Crippen LogP contribution in [0.1, 0.15) is 37.0 Å². The first-order valence-electron chi connectivity index (χ1n) is 7.09. The molecule has 0 bridgehead atoms. The summed E-state index contributed by atoms with van der Waals surface area (Å²) in [6, 6.07) is 2.63. The molecule has 0 atom stereocenters. The van der Waals surface area contributed by atoms with Crippen LogP contribution in [-0.2, 0) is 20.8 Å². The molecule has 124 valence electrons. The predicted octanol–water partition coefficient (Wildman–Crippen LogP) is 2.61. The number of ether oxygens (including phenoxy) is 2. The maximum Gasteiger partial charge on any atom is 0.343 e. The van der Waals surface area contributed by atoms with Crippen LogP contribution in [0.3, 0.4) is 0 Å². The van der Waals surface area contributed by atoms with E-state index in [9.17, 15) is 14.0 Å². The van der Waals surface area contributed by atoms with Crippen molar-refractivity contribution in [1.82, 2.24) is 9.55 Å². The number of hydrogen-bond donors (Lipinski definition) is 0. The van der Waals surface area contributed by atoms with Crippen molar-refractivity contribution in [3.05, 3.63) is 29.3 Å². The number of imidazole rings is 1. The lowest BCUT2D eigenvalue weighted by atomic mass is 10.1. The minimum atomic E-state index is -0.810. The molecule has 0 radical (unpaired) electrons. The number of hydrogen-bond acceptors (Lipinski definition) is 5. The Kier molecular flexibility index (Phi) is 4.40. The molecule has 7 heteroatoms. The van der Waals surface area contributed by atoms with Crippen LogP contribution in [0, 0.1) is 12.7 Å². The molecule has 0 fully saturated rings. The first-order chi connectivity index (χ1) is 10.6. The van der Waals surface area contributed by atoms with E-state index in [0.29, 0.717) is 11.3 Å². The highest BCUT2D eigenvalue weighted by Crippen LogP contribution is 2.24. The molecular formula is C16H19FN2O4. The van der Waals surface area contributed by atoms with Crippen molar-refractivity contribution in [2.24, 2.45) is 0 Å². The molecule has 0 saturated heterocycles. The van der Waals surface area contributed by atoms with Gasteiger partial charge in [0.15, 0.2) is 0 Å².